The summed E-state index contributed by atoms with van der Waals surface area (Å²) in [6.45, 7) is 6.10. The third kappa shape index (κ3) is 3.11. The summed E-state index contributed by atoms with van der Waals surface area (Å²) in [6.07, 6.45) is 0. The summed E-state index contributed by atoms with van der Waals surface area (Å²) in [6, 6.07) is 3.32. The van der Waals surface area contributed by atoms with Crippen LogP contribution >= 0.6 is 11.6 Å². The van der Waals surface area contributed by atoms with Crippen LogP contribution in [-0.4, -0.2) is 28.9 Å². The topological polar surface area (TPSA) is 71.2 Å². The molecule has 1 aromatic rings. The van der Waals surface area contributed by atoms with Crippen molar-refractivity contribution in [1.82, 2.24) is 9.88 Å². The van der Waals surface area contributed by atoms with E-state index in [2.05, 4.69) is 24.3 Å². The fourth-order valence-corrected chi connectivity index (χ4v) is 1.66. The molecule has 18 heavy (non-hydrogen) atoms. The summed E-state index contributed by atoms with van der Waals surface area (Å²) in [5, 5.41) is 0.321. The van der Waals surface area contributed by atoms with E-state index in [1.54, 1.807) is 24.1 Å². The standard InChI is InChI=1S/C12H19ClN4O/c1-7(2)8(3)17(4)12(18)11-9(13)5-6-10(15-11)16-14/h5-8H,14H2,1-4H3,(H,15,16). The number of hydrogen-bond donors (Lipinski definition) is 2. The van der Waals surface area contributed by atoms with Crippen LogP contribution in [0.5, 0.6) is 0 Å². The minimum atomic E-state index is -0.210. The van der Waals surface area contributed by atoms with E-state index in [1.807, 2.05) is 6.92 Å². The second-order valence-electron chi connectivity index (χ2n) is 4.57. The zero-order valence-electron chi connectivity index (χ0n) is 11.1. The van der Waals surface area contributed by atoms with Crippen molar-refractivity contribution in [2.45, 2.75) is 26.8 Å². The van der Waals surface area contributed by atoms with E-state index in [1.165, 1.54) is 0 Å². The lowest BCUT2D eigenvalue weighted by molar-refractivity contribution is 0.0701. The molecule has 0 aliphatic heterocycles. The number of amides is 1. The minimum Gasteiger partial charge on any atom is -0.337 e. The predicted octanol–water partition coefficient (Wildman–Crippen LogP) is 2.14. The highest BCUT2D eigenvalue weighted by Gasteiger charge is 2.23. The summed E-state index contributed by atoms with van der Waals surface area (Å²) in [5.41, 5.74) is 2.61. The number of hydrazine groups is 1. The van der Waals surface area contributed by atoms with Crippen molar-refractivity contribution in [2.24, 2.45) is 11.8 Å². The monoisotopic (exact) mass is 270 g/mol. The molecule has 1 aromatic heterocycles. The second-order valence-corrected chi connectivity index (χ2v) is 4.98. The smallest absolute Gasteiger partial charge is 0.274 e. The summed E-state index contributed by atoms with van der Waals surface area (Å²) in [4.78, 5) is 18.0. The lowest BCUT2D eigenvalue weighted by Crippen LogP contribution is -2.38. The highest BCUT2D eigenvalue weighted by Crippen LogP contribution is 2.19. The van der Waals surface area contributed by atoms with E-state index >= 15 is 0 Å². The maximum atomic E-state index is 12.3. The van der Waals surface area contributed by atoms with Gasteiger partial charge in [0.05, 0.1) is 5.02 Å². The van der Waals surface area contributed by atoms with Crippen molar-refractivity contribution in [1.29, 1.82) is 0 Å². The highest BCUT2D eigenvalue weighted by molar-refractivity contribution is 6.33. The van der Waals surface area contributed by atoms with E-state index in [9.17, 15) is 4.79 Å². The summed E-state index contributed by atoms with van der Waals surface area (Å²) < 4.78 is 0. The maximum Gasteiger partial charge on any atom is 0.274 e. The van der Waals surface area contributed by atoms with Crippen molar-refractivity contribution in [3.8, 4) is 0 Å². The van der Waals surface area contributed by atoms with E-state index in [4.69, 9.17) is 17.4 Å². The Morgan fingerprint density at radius 1 is 1.44 bits per heavy atom. The van der Waals surface area contributed by atoms with E-state index in [-0.39, 0.29) is 17.6 Å². The molecule has 0 spiro atoms. The van der Waals surface area contributed by atoms with Crippen molar-refractivity contribution < 1.29 is 4.79 Å². The Balaban J connectivity index is 3.03. The highest BCUT2D eigenvalue weighted by atomic mass is 35.5. The van der Waals surface area contributed by atoms with Gasteiger partial charge in [0, 0.05) is 13.1 Å². The Morgan fingerprint density at radius 2 is 2.06 bits per heavy atom. The van der Waals surface area contributed by atoms with Gasteiger partial charge in [0.15, 0.2) is 0 Å². The normalized spacial score (nSPS) is 12.4. The van der Waals surface area contributed by atoms with Gasteiger partial charge in [-0.1, -0.05) is 25.4 Å². The molecule has 3 N–H and O–H groups in total. The molecule has 0 saturated heterocycles. The quantitative estimate of drug-likeness (QED) is 0.650. The Morgan fingerprint density at radius 3 is 2.56 bits per heavy atom. The van der Waals surface area contributed by atoms with Gasteiger partial charge < -0.3 is 10.3 Å². The number of nitrogens with two attached hydrogens (primary N) is 1. The van der Waals surface area contributed by atoms with Gasteiger partial charge in [0.25, 0.3) is 5.91 Å². The molecule has 0 fully saturated rings. The molecule has 5 nitrogen and oxygen atoms in total. The number of nitrogens with one attached hydrogen (secondary N) is 1. The number of halogens is 1. The van der Waals surface area contributed by atoms with Crippen LogP contribution in [-0.2, 0) is 0 Å². The first-order valence-corrected chi connectivity index (χ1v) is 6.16. The molecule has 6 heteroatoms. The molecule has 1 amide bonds. The average Bonchev–Trinajstić information content (AvgIpc) is 2.36. The zero-order chi connectivity index (χ0) is 13.9. The van der Waals surface area contributed by atoms with Crippen LogP contribution in [0.4, 0.5) is 5.82 Å². The Kier molecular flexibility index (Phi) is 4.93. The number of aromatic nitrogens is 1. The molecule has 1 rings (SSSR count). The molecule has 0 aromatic carbocycles. The van der Waals surface area contributed by atoms with Crippen molar-refractivity contribution in [2.75, 3.05) is 12.5 Å². The second kappa shape index (κ2) is 6.02. The van der Waals surface area contributed by atoms with Crippen molar-refractivity contribution in [3.63, 3.8) is 0 Å². The van der Waals surface area contributed by atoms with Crippen LogP contribution in [0.3, 0.4) is 0 Å². The molecule has 100 valence electrons. The fourth-order valence-electron chi connectivity index (χ4n) is 1.47. The molecule has 1 unspecified atom stereocenters. The van der Waals surface area contributed by atoms with Crippen LogP contribution < -0.4 is 11.3 Å². The lowest BCUT2D eigenvalue weighted by atomic mass is 10.0. The average molecular weight is 271 g/mol. The SMILES string of the molecule is CC(C)C(C)N(C)C(=O)c1nc(NN)ccc1Cl. The Labute approximate surface area is 112 Å². The van der Waals surface area contributed by atoms with Gasteiger partial charge in [0.2, 0.25) is 0 Å². The molecule has 0 bridgehead atoms. The molecule has 1 atom stereocenters. The van der Waals surface area contributed by atoms with Gasteiger partial charge in [-0.15, -0.1) is 0 Å². The van der Waals surface area contributed by atoms with Crippen LogP contribution in [0, 0.1) is 5.92 Å². The van der Waals surface area contributed by atoms with Crippen molar-refractivity contribution >= 4 is 23.3 Å². The third-order valence-corrected chi connectivity index (χ3v) is 3.40. The summed E-state index contributed by atoms with van der Waals surface area (Å²) >= 11 is 6.00. The number of pyridine rings is 1. The number of carbonyl (C=O) groups is 1. The van der Waals surface area contributed by atoms with Crippen LogP contribution in [0.2, 0.25) is 5.02 Å². The van der Waals surface area contributed by atoms with Gasteiger partial charge in [0.1, 0.15) is 11.5 Å². The number of hydrogen-bond acceptors (Lipinski definition) is 4. The predicted molar refractivity (Wildman–Crippen MR) is 73.5 cm³/mol. The molecule has 0 saturated carbocycles. The van der Waals surface area contributed by atoms with Gasteiger partial charge in [-0.2, -0.15) is 0 Å². The van der Waals surface area contributed by atoms with E-state index in [0.717, 1.165) is 0 Å². The first kappa shape index (κ1) is 14.7. The van der Waals surface area contributed by atoms with Gasteiger partial charge in [-0.05, 0) is 25.0 Å². The molecule has 0 radical (unpaired) electrons. The van der Waals surface area contributed by atoms with Crippen LogP contribution in [0.15, 0.2) is 12.1 Å². The molecule has 1 heterocycles. The number of carbonyl (C=O) groups excluding carboxylic acids is 1. The van der Waals surface area contributed by atoms with Crippen LogP contribution in [0.1, 0.15) is 31.3 Å². The van der Waals surface area contributed by atoms with E-state index in [0.29, 0.717) is 16.8 Å². The molecule has 0 aliphatic carbocycles. The van der Waals surface area contributed by atoms with Gasteiger partial charge in [-0.25, -0.2) is 10.8 Å². The van der Waals surface area contributed by atoms with Gasteiger partial charge >= 0.3 is 0 Å². The minimum absolute atomic E-state index is 0.102. The number of nitrogens with zero attached hydrogens (tertiary/aromatic N) is 2. The molecular formula is C12H19ClN4O. The third-order valence-electron chi connectivity index (χ3n) is 3.09. The first-order chi connectivity index (χ1) is 8.38. The number of rotatable bonds is 4. The number of anilines is 1. The number of nitrogen functional groups attached to an aromatic ring is 1. The Hall–Kier alpha value is -1.33. The van der Waals surface area contributed by atoms with Crippen LogP contribution in [0.25, 0.3) is 0 Å². The zero-order valence-corrected chi connectivity index (χ0v) is 11.8. The first-order valence-electron chi connectivity index (χ1n) is 5.78. The maximum absolute atomic E-state index is 12.3. The Bertz CT molecular complexity index is 436. The van der Waals surface area contributed by atoms with Crippen molar-refractivity contribution in [3.05, 3.63) is 22.8 Å². The largest absolute Gasteiger partial charge is 0.337 e. The fraction of sp³-hybridized carbons (Fsp3) is 0.500. The summed E-state index contributed by atoms with van der Waals surface area (Å²) in [7, 11) is 1.74. The summed E-state index contributed by atoms with van der Waals surface area (Å²) in [5.74, 6) is 5.83. The lowest BCUT2D eigenvalue weighted by Gasteiger charge is -2.28. The van der Waals surface area contributed by atoms with E-state index < -0.39 is 0 Å². The molecular weight excluding hydrogens is 252 g/mol. The molecule has 0 aliphatic rings. The van der Waals surface area contributed by atoms with Gasteiger partial charge in [-0.3, -0.25) is 4.79 Å².